The van der Waals surface area contributed by atoms with Gasteiger partial charge in [-0.05, 0) is 26.0 Å². The molecule has 5 nitrogen and oxygen atoms in total. The molecule has 0 aliphatic rings. The maximum Gasteiger partial charge on any atom is 0.225 e. The maximum atomic E-state index is 11.6. The molecule has 0 radical (unpaired) electrons. The molecule has 0 unspecified atom stereocenters. The fourth-order valence-corrected chi connectivity index (χ4v) is 4.60. The number of thioether (sulfide) groups is 1. The molecule has 0 fully saturated rings. The number of imidazole rings is 1. The summed E-state index contributed by atoms with van der Waals surface area (Å²) in [5.41, 5.74) is 3.17. The van der Waals surface area contributed by atoms with Crippen molar-refractivity contribution in [2.24, 2.45) is 0 Å². The van der Waals surface area contributed by atoms with E-state index < -0.39 is 0 Å². The molecule has 2 aromatic heterocycles. The van der Waals surface area contributed by atoms with Crippen molar-refractivity contribution in [2.75, 3.05) is 11.4 Å². The highest BCUT2D eigenvalue weighted by Crippen LogP contribution is 2.29. The van der Waals surface area contributed by atoms with Gasteiger partial charge in [-0.3, -0.25) is 9.69 Å². The fraction of sp³-hybridized carbons (Fsp3) is 0.353. The van der Waals surface area contributed by atoms with Gasteiger partial charge in [0, 0.05) is 31.1 Å². The summed E-state index contributed by atoms with van der Waals surface area (Å²) in [6.45, 7) is 7.19. The molecule has 3 rings (SSSR count). The zero-order chi connectivity index (χ0) is 17.1. The molecule has 3 aromatic rings. The smallest absolute Gasteiger partial charge is 0.225 e. The van der Waals surface area contributed by atoms with Crippen molar-refractivity contribution in [3.05, 3.63) is 35.3 Å². The van der Waals surface area contributed by atoms with Crippen LogP contribution in [-0.4, -0.2) is 27.0 Å². The molecule has 24 heavy (non-hydrogen) atoms. The molecule has 0 saturated heterocycles. The maximum absolute atomic E-state index is 11.6. The Hall–Kier alpha value is -1.86. The van der Waals surface area contributed by atoms with E-state index >= 15 is 0 Å². The molecule has 0 atom stereocenters. The van der Waals surface area contributed by atoms with Crippen LogP contribution in [0, 0.1) is 0 Å². The topological polar surface area (TPSA) is 51.0 Å². The molecule has 1 amide bonds. The van der Waals surface area contributed by atoms with Crippen LogP contribution in [0.15, 0.2) is 34.8 Å². The van der Waals surface area contributed by atoms with Crippen molar-refractivity contribution in [1.29, 1.82) is 0 Å². The van der Waals surface area contributed by atoms with Crippen LogP contribution in [-0.2, 0) is 17.1 Å². The van der Waals surface area contributed by atoms with E-state index in [0.717, 1.165) is 39.3 Å². The van der Waals surface area contributed by atoms with Gasteiger partial charge in [-0.1, -0.05) is 23.9 Å². The molecule has 2 heterocycles. The number of hydrogen-bond acceptors (Lipinski definition) is 5. The predicted molar refractivity (Wildman–Crippen MR) is 101 cm³/mol. The van der Waals surface area contributed by atoms with Crippen LogP contribution in [0.3, 0.4) is 0 Å². The van der Waals surface area contributed by atoms with E-state index in [1.54, 1.807) is 23.6 Å². The van der Waals surface area contributed by atoms with Crippen molar-refractivity contribution < 1.29 is 4.79 Å². The molecule has 7 heteroatoms. The second kappa shape index (κ2) is 7.36. The van der Waals surface area contributed by atoms with Gasteiger partial charge in [0.25, 0.3) is 0 Å². The number of rotatable bonds is 6. The first-order valence-electron chi connectivity index (χ1n) is 7.94. The van der Waals surface area contributed by atoms with E-state index in [-0.39, 0.29) is 5.91 Å². The van der Waals surface area contributed by atoms with Gasteiger partial charge in [-0.25, -0.2) is 9.97 Å². The largest absolute Gasteiger partial charge is 0.319 e. The first-order chi connectivity index (χ1) is 11.6. The van der Waals surface area contributed by atoms with E-state index in [2.05, 4.69) is 22.5 Å². The molecule has 126 valence electrons. The summed E-state index contributed by atoms with van der Waals surface area (Å²) in [4.78, 5) is 22.6. The Kier molecular flexibility index (Phi) is 5.20. The fourth-order valence-electron chi connectivity index (χ4n) is 2.59. The van der Waals surface area contributed by atoms with Crippen LogP contribution >= 0.6 is 23.1 Å². The molecule has 0 saturated carbocycles. The van der Waals surface area contributed by atoms with Crippen molar-refractivity contribution in [3.63, 3.8) is 0 Å². The van der Waals surface area contributed by atoms with Crippen molar-refractivity contribution in [1.82, 2.24) is 14.5 Å². The lowest BCUT2D eigenvalue weighted by molar-refractivity contribution is -0.116. The minimum Gasteiger partial charge on any atom is -0.319 e. The summed E-state index contributed by atoms with van der Waals surface area (Å²) in [7, 11) is 0. The number of carbonyl (C=O) groups is 1. The van der Waals surface area contributed by atoms with Crippen LogP contribution < -0.4 is 4.90 Å². The number of fused-ring (bicyclic) bond motifs is 1. The number of aryl methyl sites for hydroxylation is 1. The lowest BCUT2D eigenvalue weighted by Crippen LogP contribution is -2.27. The van der Waals surface area contributed by atoms with Gasteiger partial charge in [0.2, 0.25) is 5.91 Å². The summed E-state index contributed by atoms with van der Waals surface area (Å²) < 4.78 is 2.22. The number of anilines is 1. The lowest BCUT2D eigenvalue weighted by Gasteiger charge is -2.14. The van der Waals surface area contributed by atoms with E-state index in [1.807, 2.05) is 30.5 Å². The number of nitrogens with zero attached hydrogens (tertiary/aromatic N) is 4. The summed E-state index contributed by atoms with van der Waals surface area (Å²) in [5, 5.41) is 3.80. The van der Waals surface area contributed by atoms with Gasteiger partial charge < -0.3 is 4.57 Å². The number of benzene rings is 1. The van der Waals surface area contributed by atoms with Gasteiger partial charge >= 0.3 is 0 Å². The second-order valence-electron chi connectivity index (χ2n) is 5.30. The highest BCUT2D eigenvalue weighted by atomic mass is 32.2. The Labute approximate surface area is 149 Å². The second-order valence-corrected chi connectivity index (χ2v) is 7.08. The average molecular weight is 361 g/mol. The highest BCUT2D eigenvalue weighted by Gasteiger charge is 2.15. The minimum absolute atomic E-state index is 0.0267. The Morgan fingerprint density at radius 3 is 2.79 bits per heavy atom. The van der Waals surface area contributed by atoms with Gasteiger partial charge in [0.1, 0.15) is 0 Å². The van der Waals surface area contributed by atoms with Crippen LogP contribution in [0.2, 0.25) is 0 Å². The molecule has 0 aliphatic carbocycles. The monoisotopic (exact) mass is 360 g/mol. The Morgan fingerprint density at radius 1 is 1.29 bits per heavy atom. The Morgan fingerprint density at radius 2 is 2.08 bits per heavy atom. The zero-order valence-corrected chi connectivity index (χ0v) is 15.7. The van der Waals surface area contributed by atoms with Crippen molar-refractivity contribution >= 4 is 45.2 Å². The molecule has 0 spiro atoms. The lowest BCUT2D eigenvalue weighted by atomic mass is 10.3. The molecule has 0 aliphatic heterocycles. The number of amides is 1. The number of carbonyl (C=O) groups excluding carboxylic acids is 1. The molecular weight excluding hydrogens is 340 g/mol. The summed E-state index contributed by atoms with van der Waals surface area (Å²) in [6.07, 6.45) is 0. The normalized spacial score (nSPS) is 11.1. The Balaban J connectivity index is 1.77. The van der Waals surface area contributed by atoms with E-state index in [9.17, 15) is 4.79 Å². The number of aromatic nitrogens is 3. The quantitative estimate of drug-likeness (QED) is 0.619. The van der Waals surface area contributed by atoms with Crippen molar-refractivity contribution in [2.45, 2.75) is 38.2 Å². The van der Waals surface area contributed by atoms with Gasteiger partial charge in [-0.2, -0.15) is 0 Å². The molecule has 0 bridgehead atoms. The number of para-hydroxylation sites is 2. The van der Waals surface area contributed by atoms with Crippen LogP contribution in [0.5, 0.6) is 0 Å². The summed E-state index contributed by atoms with van der Waals surface area (Å²) >= 11 is 3.20. The zero-order valence-electron chi connectivity index (χ0n) is 14.0. The van der Waals surface area contributed by atoms with Crippen LogP contribution in [0.1, 0.15) is 26.5 Å². The standard InChI is InChI=1S/C17H20N4OS2/c1-4-20(12(3)22)16-18-13(10-23-16)11-24-17-19-14-8-6-7-9-15(14)21(17)5-2/h6-10H,4-5,11H2,1-3H3. The van der Waals surface area contributed by atoms with Gasteiger partial charge in [0.05, 0.1) is 16.7 Å². The van der Waals surface area contributed by atoms with Crippen molar-refractivity contribution in [3.8, 4) is 0 Å². The third kappa shape index (κ3) is 3.32. The SMILES string of the molecule is CCN(C(C)=O)c1nc(CSc2nc3ccccc3n2CC)cs1. The van der Waals surface area contributed by atoms with E-state index in [4.69, 9.17) is 4.98 Å². The third-order valence-electron chi connectivity index (χ3n) is 3.75. The summed E-state index contributed by atoms with van der Waals surface area (Å²) in [5.74, 6) is 0.772. The molecule has 0 N–H and O–H groups in total. The first-order valence-corrected chi connectivity index (χ1v) is 9.81. The first kappa shape index (κ1) is 17.0. The number of hydrogen-bond donors (Lipinski definition) is 0. The van der Waals surface area contributed by atoms with E-state index in [1.165, 1.54) is 11.3 Å². The van der Waals surface area contributed by atoms with Gasteiger partial charge in [-0.15, -0.1) is 11.3 Å². The summed E-state index contributed by atoms with van der Waals surface area (Å²) in [6, 6.07) is 8.19. The molecular formula is C17H20N4OS2. The third-order valence-corrected chi connectivity index (χ3v) is 5.67. The van der Waals surface area contributed by atoms with Crippen LogP contribution in [0.25, 0.3) is 11.0 Å². The minimum atomic E-state index is 0.0267. The average Bonchev–Trinajstić information content (AvgIpc) is 3.17. The Bertz CT molecular complexity index is 855. The number of thiazole rings is 1. The predicted octanol–water partition coefficient (Wildman–Crippen LogP) is 4.18. The van der Waals surface area contributed by atoms with Crippen LogP contribution in [0.4, 0.5) is 5.13 Å². The molecule has 1 aromatic carbocycles. The highest BCUT2D eigenvalue weighted by molar-refractivity contribution is 7.98. The van der Waals surface area contributed by atoms with E-state index in [0.29, 0.717) is 6.54 Å². The van der Waals surface area contributed by atoms with Gasteiger partial charge in [0.15, 0.2) is 10.3 Å².